The first-order valence-electron chi connectivity index (χ1n) is 13.0. The second-order valence-corrected chi connectivity index (χ2v) is 15.5. The minimum absolute atomic E-state index is 0.220. The summed E-state index contributed by atoms with van der Waals surface area (Å²) in [7, 11) is -3.59. The molecular weight excluding hydrogens is 557 g/mol. The molecule has 0 aliphatic carbocycles. The summed E-state index contributed by atoms with van der Waals surface area (Å²) in [6, 6.07) is 5.83. The van der Waals surface area contributed by atoms with Crippen molar-refractivity contribution >= 4 is 44.9 Å². The quantitative estimate of drug-likeness (QED) is 0.293. The zero-order chi connectivity index (χ0) is 29.9. The number of nitrogens with zero attached hydrogens (tertiary/aromatic N) is 1. The van der Waals surface area contributed by atoms with Crippen LogP contribution in [0.5, 0.6) is 0 Å². The number of carboxylic acids is 1. The average molecular weight is 599 g/mol. The van der Waals surface area contributed by atoms with Gasteiger partial charge in [-0.2, -0.15) is 0 Å². The molecule has 1 aromatic rings. The van der Waals surface area contributed by atoms with Crippen molar-refractivity contribution in [3.63, 3.8) is 0 Å². The molecule has 0 saturated carbocycles. The number of sulfone groups is 1. The Bertz CT molecular complexity index is 1260. The fourth-order valence-electron chi connectivity index (χ4n) is 5.15. The van der Waals surface area contributed by atoms with Crippen LogP contribution in [0.4, 0.5) is 0 Å². The highest BCUT2D eigenvalue weighted by atomic mass is 35.5. The lowest BCUT2D eigenvalue weighted by Crippen LogP contribution is -2.64. The molecule has 1 aromatic carbocycles. The maximum atomic E-state index is 14.4. The maximum absolute atomic E-state index is 14.4. The fraction of sp³-hybridized carbons (Fsp3) is 0.533. The van der Waals surface area contributed by atoms with Gasteiger partial charge in [0.2, 0.25) is 5.91 Å². The number of aliphatic carboxylic acids is 1. The summed E-state index contributed by atoms with van der Waals surface area (Å²) in [6.45, 7) is 16.7. The molecular formula is C30H41Cl2NO5S. The molecule has 6 nitrogen and oxygen atoms in total. The molecule has 1 N–H and O–H groups in total. The molecule has 1 saturated heterocycles. The van der Waals surface area contributed by atoms with Gasteiger partial charge in [0, 0.05) is 16.0 Å². The zero-order valence-electron chi connectivity index (χ0n) is 23.9. The first-order chi connectivity index (χ1) is 17.8. The van der Waals surface area contributed by atoms with E-state index in [1.165, 1.54) is 0 Å². The van der Waals surface area contributed by atoms with Crippen molar-refractivity contribution in [2.24, 2.45) is 10.8 Å². The Hall–Kier alpha value is -2.09. The van der Waals surface area contributed by atoms with E-state index in [0.29, 0.717) is 15.6 Å². The second-order valence-electron chi connectivity index (χ2n) is 12.0. The predicted octanol–water partition coefficient (Wildman–Crippen LogP) is 7.00. The van der Waals surface area contributed by atoms with Gasteiger partial charge < -0.3 is 10.0 Å². The number of hydrogen-bond acceptors (Lipinski definition) is 4. The van der Waals surface area contributed by atoms with Crippen LogP contribution in [0.3, 0.4) is 0 Å². The number of allylic oxidation sites excluding steroid dienone is 3. The van der Waals surface area contributed by atoms with Gasteiger partial charge in [-0.15, -0.1) is 0 Å². The predicted molar refractivity (Wildman–Crippen MR) is 160 cm³/mol. The Labute approximate surface area is 243 Å². The van der Waals surface area contributed by atoms with Crippen LogP contribution in [0, 0.1) is 10.8 Å². The maximum Gasteiger partial charge on any atom is 0.304 e. The molecule has 216 valence electrons. The van der Waals surface area contributed by atoms with Gasteiger partial charge in [0.25, 0.3) is 0 Å². The average Bonchev–Trinajstić information content (AvgIpc) is 2.81. The molecule has 1 fully saturated rings. The fourth-order valence-corrected chi connectivity index (χ4v) is 6.90. The van der Waals surface area contributed by atoms with E-state index >= 15 is 0 Å². The number of carbonyl (C=O) groups is 2. The van der Waals surface area contributed by atoms with Crippen molar-refractivity contribution in [3.8, 4) is 0 Å². The second kappa shape index (κ2) is 12.6. The standard InChI is InChI=1S/C30H41Cl2NO5S/c1-9-22(31)14-13-20(4)27-24(21-11-10-12-23(32)15-21)16-30(8,17-26(34)35)28(36)33(27)25(29(5,6)7)18-39(37,38)19(2)3/h9-15,19,24-25,27H,4,16-18H2,1-3,5-8H3,(H,34,35)/b14-13-,22-9+/t24-,25-,27-,30-/m1/s1. The van der Waals surface area contributed by atoms with E-state index in [9.17, 15) is 23.1 Å². The van der Waals surface area contributed by atoms with Gasteiger partial charge in [-0.05, 0) is 62.0 Å². The van der Waals surface area contributed by atoms with Crippen LogP contribution in [0.1, 0.15) is 72.8 Å². The molecule has 0 spiro atoms. The SMILES string of the molecule is C=C(/C=C\C(Cl)=C/C)[C@@H]1[C@@H](c2cccc(Cl)c2)C[C@](C)(CC(=O)O)C(=O)N1[C@H](CS(=O)(=O)C(C)C)C(C)(C)C. The van der Waals surface area contributed by atoms with Gasteiger partial charge in [-0.3, -0.25) is 9.59 Å². The number of piperidine rings is 1. The van der Waals surface area contributed by atoms with E-state index in [1.807, 2.05) is 32.9 Å². The van der Waals surface area contributed by atoms with Crippen LogP contribution in [0.15, 0.2) is 59.7 Å². The smallest absolute Gasteiger partial charge is 0.304 e. The third-order valence-electron chi connectivity index (χ3n) is 7.48. The molecule has 1 aliphatic heterocycles. The largest absolute Gasteiger partial charge is 0.481 e. The molecule has 0 unspecified atom stereocenters. The Morgan fingerprint density at radius 3 is 2.38 bits per heavy atom. The summed E-state index contributed by atoms with van der Waals surface area (Å²) in [5.41, 5.74) is -0.582. The van der Waals surface area contributed by atoms with Crippen LogP contribution in [-0.2, 0) is 19.4 Å². The van der Waals surface area contributed by atoms with E-state index < -0.39 is 62.2 Å². The van der Waals surface area contributed by atoms with Crippen molar-refractivity contribution in [2.75, 3.05) is 5.75 Å². The number of rotatable bonds is 10. The lowest BCUT2D eigenvalue weighted by Gasteiger charge is -2.54. The number of hydrogen-bond donors (Lipinski definition) is 1. The van der Waals surface area contributed by atoms with Gasteiger partial charge in [-0.1, -0.05) is 81.8 Å². The molecule has 1 heterocycles. The summed E-state index contributed by atoms with van der Waals surface area (Å²) in [4.78, 5) is 28.0. The number of benzene rings is 1. The highest BCUT2D eigenvalue weighted by Gasteiger charge is 2.54. The Balaban J connectivity index is 2.91. The molecule has 1 aliphatic rings. The monoisotopic (exact) mass is 597 g/mol. The van der Waals surface area contributed by atoms with E-state index in [1.54, 1.807) is 63.0 Å². The van der Waals surface area contributed by atoms with Crippen LogP contribution < -0.4 is 0 Å². The third kappa shape index (κ3) is 7.99. The van der Waals surface area contributed by atoms with E-state index in [-0.39, 0.29) is 12.2 Å². The summed E-state index contributed by atoms with van der Waals surface area (Å²) in [5, 5.41) is 10.1. The van der Waals surface area contributed by atoms with E-state index in [4.69, 9.17) is 23.2 Å². The lowest BCUT2D eigenvalue weighted by atomic mass is 9.66. The Morgan fingerprint density at radius 1 is 1.28 bits per heavy atom. The first-order valence-corrected chi connectivity index (χ1v) is 15.5. The minimum Gasteiger partial charge on any atom is -0.481 e. The number of carboxylic acid groups (broad SMARTS) is 1. The minimum atomic E-state index is -3.59. The molecule has 39 heavy (non-hydrogen) atoms. The van der Waals surface area contributed by atoms with Gasteiger partial charge in [0.15, 0.2) is 9.84 Å². The first kappa shape index (κ1) is 33.1. The van der Waals surface area contributed by atoms with Crippen LogP contribution >= 0.6 is 23.2 Å². The topological polar surface area (TPSA) is 91.8 Å². The summed E-state index contributed by atoms with van der Waals surface area (Å²) < 4.78 is 26.6. The summed E-state index contributed by atoms with van der Waals surface area (Å²) >= 11 is 12.6. The molecule has 0 bridgehead atoms. The molecule has 1 amide bonds. The van der Waals surface area contributed by atoms with E-state index in [2.05, 4.69) is 6.58 Å². The van der Waals surface area contributed by atoms with Crippen molar-refractivity contribution in [1.29, 1.82) is 0 Å². The van der Waals surface area contributed by atoms with Crippen molar-refractivity contribution in [2.45, 2.75) is 84.6 Å². The number of carbonyl (C=O) groups excluding carboxylic acids is 1. The van der Waals surface area contributed by atoms with Gasteiger partial charge >= 0.3 is 5.97 Å². The van der Waals surface area contributed by atoms with Crippen molar-refractivity contribution in [3.05, 3.63) is 70.3 Å². The highest BCUT2D eigenvalue weighted by molar-refractivity contribution is 7.92. The Morgan fingerprint density at radius 2 is 1.90 bits per heavy atom. The molecule has 0 aromatic heterocycles. The Kier molecular flexibility index (Phi) is 10.7. The van der Waals surface area contributed by atoms with Crippen LogP contribution in [0.2, 0.25) is 5.02 Å². The van der Waals surface area contributed by atoms with Gasteiger partial charge in [0.05, 0.1) is 34.9 Å². The lowest BCUT2D eigenvalue weighted by molar-refractivity contribution is -0.160. The van der Waals surface area contributed by atoms with Gasteiger partial charge in [0.1, 0.15) is 0 Å². The van der Waals surface area contributed by atoms with Crippen LogP contribution in [0.25, 0.3) is 0 Å². The van der Waals surface area contributed by atoms with Crippen molar-refractivity contribution in [1.82, 2.24) is 4.90 Å². The van der Waals surface area contributed by atoms with Crippen LogP contribution in [-0.4, -0.2) is 53.4 Å². The summed E-state index contributed by atoms with van der Waals surface area (Å²) in [5.74, 6) is -2.18. The number of likely N-dealkylation sites (tertiary alicyclic amines) is 1. The molecule has 4 atom stereocenters. The number of halogens is 2. The normalized spacial score (nSPS) is 23.9. The molecule has 9 heteroatoms. The van der Waals surface area contributed by atoms with Crippen molar-refractivity contribution < 1.29 is 23.1 Å². The van der Waals surface area contributed by atoms with Gasteiger partial charge in [-0.25, -0.2) is 8.42 Å². The molecule has 2 rings (SSSR count). The van der Waals surface area contributed by atoms with E-state index in [0.717, 1.165) is 5.56 Å². The molecule has 0 radical (unpaired) electrons. The number of amides is 1. The zero-order valence-corrected chi connectivity index (χ0v) is 26.2. The third-order valence-corrected chi connectivity index (χ3v) is 10.3. The highest BCUT2D eigenvalue weighted by Crippen LogP contribution is 2.49. The summed E-state index contributed by atoms with van der Waals surface area (Å²) in [6.07, 6.45) is 4.97.